The fraction of sp³-hybridized carbons (Fsp3) is 0.500. The summed E-state index contributed by atoms with van der Waals surface area (Å²) < 4.78 is 0. The maximum absolute atomic E-state index is 8.64. The van der Waals surface area contributed by atoms with Crippen molar-refractivity contribution in [2.24, 2.45) is 0 Å². The standard InChI is InChI=1S/C10H15NOS/c1-8-9(2)11-5-4-10(8)13-7-3-6-12/h4-5,12H,3,6-7H2,1-2H3. The number of nitrogens with zero attached hydrogens (tertiary/aromatic N) is 1. The van der Waals surface area contributed by atoms with Crippen LogP contribution >= 0.6 is 11.8 Å². The number of aromatic nitrogens is 1. The van der Waals surface area contributed by atoms with Gasteiger partial charge in [0.2, 0.25) is 0 Å². The molecule has 0 atom stereocenters. The van der Waals surface area contributed by atoms with Crippen LogP contribution in [0.25, 0.3) is 0 Å². The Morgan fingerprint density at radius 2 is 2.23 bits per heavy atom. The number of hydrogen-bond acceptors (Lipinski definition) is 3. The summed E-state index contributed by atoms with van der Waals surface area (Å²) in [6, 6.07) is 2.03. The first-order chi connectivity index (χ1) is 6.25. The van der Waals surface area contributed by atoms with Crippen LogP contribution in [0, 0.1) is 13.8 Å². The molecular formula is C10H15NOS. The third kappa shape index (κ3) is 3.01. The van der Waals surface area contributed by atoms with Crippen molar-refractivity contribution in [3.63, 3.8) is 0 Å². The van der Waals surface area contributed by atoms with E-state index in [1.165, 1.54) is 10.5 Å². The van der Waals surface area contributed by atoms with Crippen molar-refractivity contribution in [3.05, 3.63) is 23.5 Å². The number of aliphatic hydroxyl groups is 1. The Labute approximate surface area is 83.4 Å². The highest BCUT2D eigenvalue weighted by Gasteiger charge is 2.01. The van der Waals surface area contributed by atoms with Gasteiger partial charge in [0.1, 0.15) is 0 Å². The maximum atomic E-state index is 8.64. The van der Waals surface area contributed by atoms with E-state index in [2.05, 4.69) is 11.9 Å². The monoisotopic (exact) mass is 197 g/mol. The molecule has 0 fully saturated rings. The summed E-state index contributed by atoms with van der Waals surface area (Å²) in [5.41, 5.74) is 2.35. The second-order valence-corrected chi connectivity index (χ2v) is 4.08. The first-order valence-electron chi connectivity index (χ1n) is 4.41. The van der Waals surface area contributed by atoms with Gasteiger partial charge in [0, 0.05) is 29.1 Å². The van der Waals surface area contributed by atoms with Gasteiger partial charge in [0.05, 0.1) is 0 Å². The van der Waals surface area contributed by atoms with Crippen LogP contribution in [0.5, 0.6) is 0 Å². The van der Waals surface area contributed by atoms with Gasteiger partial charge in [-0.05, 0) is 31.9 Å². The van der Waals surface area contributed by atoms with Crippen LogP contribution in [0.2, 0.25) is 0 Å². The average molecular weight is 197 g/mol. The van der Waals surface area contributed by atoms with E-state index in [-0.39, 0.29) is 6.61 Å². The van der Waals surface area contributed by atoms with E-state index < -0.39 is 0 Å². The van der Waals surface area contributed by atoms with E-state index in [1.54, 1.807) is 11.8 Å². The van der Waals surface area contributed by atoms with Crippen molar-refractivity contribution < 1.29 is 5.11 Å². The number of aliphatic hydroxyl groups excluding tert-OH is 1. The topological polar surface area (TPSA) is 33.1 Å². The third-order valence-corrected chi connectivity index (χ3v) is 3.21. The highest BCUT2D eigenvalue weighted by Crippen LogP contribution is 2.23. The largest absolute Gasteiger partial charge is 0.396 e. The van der Waals surface area contributed by atoms with Crippen molar-refractivity contribution in [1.29, 1.82) is 0 Å². The van der Waals surface area contributed by atoms with Crippen LogP contribution in [-0.4, -0.2) is 22.5 Å². The van der Waals surface area contributed by atoms with Gasteiger partial charge in [-0.2, -0.15) is 0 Å². The fourth-order valence-electron chi connectivity index (χ4n) is 1.02. The SMILES string of the molecule is Cc1nccc(SCCCO)c1C. The summed E-state index contributed by atoms with van der Waals surface area (Å²) in [7, 11) is 0. The molecule has 0 aromatic carbocycles. The van der Waals surface area contributed by atoms with Crippen molar-refractivity contribution in [3.8, 4) is 0 Å². The molecule has 2 nitrogen and oxygen atoms in total. The van der Waals surface area contributed by atoms with Crippen LogP contribution in [0.4, 0.5) is 0 Å². The molecule has 0 amide bonds. The van der Waals surface area contributed by atoms with Gasteiger partial charge < -0.3 is 5.11 Å². The molecule has 13 heavy (non-hydrogen) atoms. The molecule has 1 aromatic rings. The van der Waals surface area contributed by atoms with Crippen molar-refractivity contribution in [2.75, 3.05) is 12.4 Å². The number of hydrogen-bond donors (Lipinski definition) is 1. The molecular weight excluding hydrogens is 182 g/mol. The molecule has 1 aromatic heterocycles. The van der Waals surface area contributed by atoms with Crippen LogP contribution in [0.15, 0.2) is 17.2 Å². The van der Waals surface area contributed by atoms with Crippen LogP contribution in [0.1, 0.15) is 17.7 Å². The fourth-order valence-corrected chi connectivity index (χ4v) is 2.03. The Morgan fingerprint density at radius 1 is 1.46 bits per heavy atom. The summed E-state index contributed by atoms with van der Waals surface area (Å²) in [4.78, 5) is 5.48. The minimum Gasteiger partial charge on any atom is -0.396 e. The number of rotatable bonds is 4. The van der Waals surface area contributed by atoms with Gasteiger partial charge in [-0.1, -0.05) is 0 Å². The molecule has 72 valence electrons. The quantitative estimate of drug-likeness (QED) is 0.593. The lowest BCUT2D eigenvalue weighted by molar-refractivity contribution is 0.296. The molecule has 1 N–H and O–H groups in total. The van der Waals surface area contributed by atoms with Gasteiger partial charge in [0.15, 0.2) is 0 Å². The van der Waals surface area contributed by atoms with Crippen LogP contribution in [-0.2, 0) is 0 Å². The second-order valence-electron chi connectivity index (χ2n) is 2.95. The summed E-state index contributed by atoms with van der Waals surface area (Å²) in [5.74, 6) is 0.973. The first kappa shape index (κ1) is 10.5. The molecule has 0 saturated carbocycles. The predicted molar refractivity (Wildman–Crippen MR) is 56.1 cm³/mol. The molecule has 0 aliphatic heterocycles. The average Bonchev–Trinajstić information content (AvgIpc) is 2.13. The molecule has 0 spiro atoms. The smallest absolute Gasteiger partial charge is 0.0439 e. The summed E-state index contributed by atoms with van der Waals surface area (Å²) in [5, 5.41) is 8.64. The van der Waals surface area contributed by atoms with Gasteiger partial charge in [0.25, 0.3) is 0 Å². The zero-order valence-electron chi connectivity index (χ0n) is 8.08. The normalized spacial score (nSPS) is 10.4. The molecule has 0 aliphatic carbocycles. The minimum absolute atomic E-state index is 0.274. The van der Waals surface area contributed by atoms with Crippen LogP contribution in [0.3, 0.4) is 0 Å². The Hall–Kier alpha value is -0.540. The highest BCUT2D eigenvalue weighted by molar-refractivity contribution is 7.99. The highest BCUT2D eigenvalue weighted by atomic mass is 32.2. The van der Waals surface area contributed by atoms with Crippen molar-refractivity contribution in [1.82, 2.24) is 4.98 Å². The lowest BCUT2D eigenvalue weighted by Crippen LogP contribution is -1.91. The van der Waals surface area contributed by atoms with E-state index in [4.69, 9.17) is 5.11 Å². The number of thioether (sulfide) groups is 1. The van der Waals surface area contributed by atoms with E-state index in [0.29, 0.717) is 0 Å². The summed E-state index contributed by atoms with van der Waals surface area (Å²) in [6.07, 6.45) is 2.69. The van der Waals surface area contributed by atoms with Gasteiger partial charge in [-0.15, -0.1) is 11.8 Å². The summed E-state index contributed by atoms with van der Waals surface area (Å²) in [6.45, 7) is 4.38. The number of pyridine rings is 1. The molecule has 3 heteroatoms. The molecule has 1 heterocycles. The van der Waals surface area contributed by atoms with Crippen molar-refractivity contribution >= 4 is 11.8 Å². The first-order valence-corrected chi connectivity index (χ1v) is 5.40. The Kier molecular flexibility index (Phi) is 4.25. The van der Waals surface area contributed by atoms with E-state index in [9.17, 15) is 0 Å². The van der Waals surface area contributed by atoms with Crippen molar-refractivity contribution in [2.45, 2.75) is 25.2 Å². The lowest BCUT2D eigenvalue weighted by atomic mass is 10.2. The Balaban J connectivity index is 2.61. The third-order valence-electron chi connectivity index (χ3n) is 1.97. The maximum Gasteiger partial charge on any atom is 0.0439 e. The lowest BCUT2D eigenvalue weighted by Gasteiger charge is -2.06. The predicted octanol–water partition coefficient (Wildman–Crippen LogP) is 2.17. The number of aryl methyl sites for hydroxylation is 1. The van der Waals surface area contributed by atoms with Gasteiger partial charge in [-0.25, -0.2) is 0 Å². The zero-order chi connectivity index (χ0) is 9.68. The van der Waals surface area contributed by atoms with Crippen LogP contribution < -0.4 is 0 Å². The van der Waals surface area contributed by atoms with E-state index in [0.717, 1.165) is 17.9 Å². The molecule has 0 saturated heterocycles. The molecule has 0 aliphatic rings. The van der Waals surface area contributed by atoms with E-state index >= 15 is 0 Å². The summed E-state index contributed by atoms with van der Waals surface area (Å²) >= 11 is 1.79. The molecule has 0 radical (unpaired) electrons. The Morgan fingerprint density at radius 3 is 2.92 bits per heavy atom. The second kappa shape index (κ2) is 5.25. The van der Waals surface area contributed by atoms with E-state index in [1.807, 2.05) is 19.2 Å². The zero-order valence-corrected chi connectivity index (χ0v) is 8.90. The molecule has 0 bridgehead atoms. The molecule has 0 unspecified atom stereocenters. The Bertz CT molecular complexity index is 276. The molecule has 1 rings (SSSR count). The minimum atomic E-state index is 0.274. The van der Waals surface area contributed by atoms with Gasteiger partial charge in [-0.3, -0.25) is 4.98 Å². The van der Waals surface area contributed by atoms with Gasteiger partial charge >= 0.3 is 0 Å².